The summed E-state index contributed by atoms with van der Waals surface area (Å²) in [5.74, 6) is -0.187. The quantitative estimate of drug-likeness (QED) is 0.781. The van der Waals surface area contributed by atoms with Crippen LogP contribution in [-0.2, 0) is 15.1 Å². The fraction of sp³-hybridized carbons (Fsp3) is 0.562. The summed E-state index contributed by atoms with van der Waals surface area (Å²) in [6, 6.07) is 11.3. The maximum absolute atomic E-state index is 11.1. The molecule has 3 heteroatoms. The van der Waals surface area contributed by atoms with Crippen LogP contribution in [0, 0.1) is 0 Å². The molecule has 2 atom stereocenters. The fourth-order valence-corrected chi connectivity index (χ4v) is 3.85. The molecular formula is C16H21NO2. The number of rotatable bonds is 3. The number of piperidine rings is 1. The molecular weight excluding hydrogens is 238 g/mol. The van der Waals surface area contributed by atoms with Crippen molar-refractivity contribution >= 4 is 5.97 Å². The smallest absolute Gasteiger partial charge is 0.303 e. The summed E-state index contributed by atoms with van der Waals surface area (Å²) in [6.07, 6.45) is 6.08. The van der Waals surface area contributed by atoms with Gasteiger partial charge in [-0.2, -0.15) is 0 Å². The lowest BCUT2D eigenvalue weighted by Gasteiger charge is -2.44. The van der Waals surface area contributed by atoms with E-state index in [2.05, 4.69) is 35.2 Å². The highest BCUT2D eigenvalue weighted by molar-refractivity contribution is 5.65. The molecule has 0 aromatic heterocycles. The van der Waals surface area contributed by atoms with Gasteiger partial charge in [-0.3, -0.25) is 9.69 Å². The van der Waals surface area contributed by atoms with Crippen molar-refractivity contribution in [3.05, 3.63) is 35.9 Å². The maximum atomic E-state index is 11.1. The molecule has 3 nitrogen and oxygen atoms in total. The molecule has 0 N–H and O–H groups in total. The molecule has 102 valence electrons. The van der Waals surface area contributed by atoms with Gasteiger partial charge in [-0.05, 0) is 37.7 Å². The zero-order valence-corrected chi connectivity index (χ0v) is 11.5. The second-order valence-corrected chi connectivity index (χ2v) is 5.72. The molecule has 2 fully saturated rings. The van der Waals surface area contributed by atoms with Crippen LogP contribution >= 0.6 is 0 Å². The second kappa shape index (κ2) is 4.97. The van der Waals surface area contributed by atoms with Crippen molar-refractivity contribution in [2.45, 2.75) is 50.6 Å². The molecule has 0 radical (unpaired) electrons. The molecule has 2 aliphatic rings. The molecule has 2 bridgehead atoms. The molecule has 2 aliphatic heterocycles. The average molecular weight is 259 g/mol. The Morgan fingerprint density at radius 3 is 2.84 bits per heavy atom. The first-order chi connectivity index (χ1) is 9.22. The van der Waals surface area contributed by atoms with E-state index >= 15 is 0 Å². The summed E-state index contributed by atoms with van der Waals surface area (Å²) in [4.78, 5) is 13.5. The minimum absolute atomic E-state index is 0.0969. The summed E-state index contributed by atoms with van der Waals surface area (Å²) in [6.45, 7) is 1.93. The van der Waals surface area contributed by atoms with Gasteiger partial charge in [0.2, 0.25) is 0 Å². The normalized spacial score (nSPS) is 30.3. The van der Waals surface area contributed by atoms with E-state index in [0.29, 0.717) is 12.8 Å². The summed E-state index contributed by atoms with van der Waals surface area (Å²) in [5, 5.41) is 0. The molecule has 1 aromatic carbocycles. The van der Waals surface area contributed by atoms with Gasteiger partial charge in [0.1, 0.15) is 6.73 Å². The highest BCUT2D eigenvalue weighted by Gasteiger charge is 2.49. The Hall–Kier alpha value is -1.35. The summed E-state index contributed by atoms with van der Waals surface area (Å²) in [5.41, 5.74) is 1.48. The van der Waals surface area contributed by atoms with Gasteiger partial charge in [-0.1, -0.05) is 30.3 Å². The molecule has 19 heavy (non-hydrogen) atoms. The number of ether oxygens (including phenoxy) is 1. The Labute approximate surface area is 114 Å². The average Bonchev–Trinajstić information content (AvgIpc) is 2.63. The van der Waals surface area contributed by atoms with Gasteiger partial charge >= 0.3 is 5.97 Å². The predicted molar refractivity (Wildman–Crippen MR) is 73.5 cm³/mol. The summed E-state index contributed by atoms with van der Waals surface area (Å²) < 4.78 is 5.30. The zero-order chi connectivity index (χ0) is 13.3. The third-order valence-electron chi connectivity index (χ3n) is 4.73. The highest BCUT2D eigenvalue weighted by Crippen LogP contribution is 2.50. The van der Waals surface area contributed by atoms with Crippen LogP contribution in [0.15, 0.2) is 30.3 Å². The molecule has 3 rings (SSSR count). The zero-order valence-electron chi connectivity index (χ0n) is 11.5. The highest BCUT2D eigenvalue weighted by atomic mass is 16.5. The second-order valence-electron chi connectivity index (χ2n) is 5.72. The van der Waals surface area contributed by atoms with Crippen LogP contribution in [0.5, 0.6) is 0 Å². The lowest BCUT2D eigenvalue weighted by atomic mass is 9.82. The first-order valence-corrected chi connectivity index (χ1v) is 7.18. The van der Waals surface area contributed by atoms with Gasteiger partial charge in [-0.25, -0.2) is 0 Å². The molecule has 0 amide bonds. The number of carbonyl (C=O) groups is 1. The molecule has 2 heterocycles. The van der Waals surface area contributed by atoms with E-state index in [1.807, 2.05) is 0 Å². The van der Waals surface area contributed by atoms with Crippen LogP contribution < -0.4 is 0 Å². The van der Waals surface area contributed by atoms with Crippen LogP contribution in [0.1, 0.15) is 44.6 Å². The molecule has 0 aliphatic carbocycles. The molecule has 2 saturated heterocycles. The van der Waals surface area contributed by atoms with Crippen LogP contribution in [0.4, 0.5) is 0 Å². The van der Waals surface area contributed by atoms with Crippen LogP contribution in [0.25, 0.3) is 0 Å². The number of carbonyl (C=O) groups excluding carboxylic acids is 1. The third-order valence-corrected chi connectivity index (χ3v) is 4.73. The van der Waals surface area contributed by atoms with E-state index in [4.69, 9.17) is 4.74 Å². The largest absolute Gasteiger partial charge is 0.450 e. The molecule has 0 saturated carbocycles. The predicted octanol–water partition coefficient (Wildman–Crippen LogP) is 3.05. The van der Waals surface area contributed by atoms with Gasteiger partial charge in [0, 0.05) is 18.5 Å². The van der Waals surface area contributed by atoms with Gasteiger partial charge in [0.25, 0.3) is 0 Å². The Balaban J connectivity index is 1.90. The Kier molecular flexibility index (Phi) is 3.31. The Morgan fingerprint density at radius 1 is 1.32 bits per heavy atom. The monoisotopic (exact) mass is 259 g/mol. The van der Waals surface area contributed by atoms with Crippen LogP contribution in [0.2, 0.25) is 0 Å². The summed E-state index contributed by atoms with van der Waals surface area (Å²) in [7, 11) is 0. The van der Waals surface area contributed by atoms with E-state index in [0.717, 1.165) is 0 Å². The molecule has 1 aromatic rings. The molecule has 0 spiro atoms. The Bertz CT molecular complexity index is 455. The van der Waals surface area contributed by atoms with Crippen LogP contribution in [0.3, 0.4) is 0 Å². The Morgan fingerprint density at radius 2 is 2.11 bits per heavy atom. The van der Waals surface area contributed by atoms with Crippen molar-refractivity contribution in [3.63, 3.8) is 0 Å². The number of fused-ring (bicyclic) bond motifs is 2. The first-order valence-electron chi connectivity index (χ1n) is 7.18. The third kappa shape index (κ3) is 2.16. The topological polar surface area (TPSA) is 29.5 Å². The van der Waals surface area contributed by atoms with E-state index in [1.165, 1.54) is 44.6 Å². The van der Waals surface area contributed by atoms with Crippen molar-refractivity contribution in [2.24, 2.45) is 0 Å². The number of nitrogens with zero attached hydrogens (tertiary/aromatic N) is 1. The van der Waals surface area contributed by atoms with E-state index in [-0.39, 0.29) is 11.5 Å². The van der Waals surface area contributed by atoms with Gasteiger partial charge in [-0.15, -0.1) is 0 Å². The number of benzene rings is 1. The van der Waals surface area contributed by atoms with Gasteiger partial charge in [0.15, 0.2) is 0 Å². The minimum Gasteiger partial charge on any atom is -0.450 e. The summed E-state index contributed by atoms with van der Waals surface area (Å²) >= 11 is 0. The van der Waals surface area contributed by atoms with E-state index in [9.17, 15) is 4.79 Å². The lowest BCUT2D eigenvalue weighted by Crippen LogP contribution is -2.49. The van der Waals surface area contributed by atoms with Crippen molar-refractivity contribution in [1.82, 2.24) is 4.90 Å². The van der Waals surface area contributed by atoms with Crippen molar-refractivity contribution < 1.29 is 9.53 Å². The minimum atomic E-state index is -0.187. The number of hydrogen-bond acceptors (Lipinski definition) is 3. The number of esters is 1. The van der Waals surface area contributed by atoms with Crippen molar-refractivity contribution in [2.75, 3.05) is 6.73 Å². The van der Waals surface area contributed by atoms with Crippen molar-refractivity contribution in [1.29, 1.82) is 0 Å². The standard InChI is InChI=1S/C16H21NO2/c1-13(18)19-12-17-15-8-5-10-16(17,11-9-15)14-6-3-2-4-7-14/h2-4,6-7,15H,5,8-12H2,1H3/t15-,16+/m1/s1. The number of hydrogen-bond donors (Lipinski definition) is 0. The maximum Gasteiger partial charge on any atom is 0.303 e. The van der Waals surface area contributed by atoms with Gasteiger partial charge < -0.3 is 4.74 Å². The van der Waals surface area contributed by atoms with Crippen LogP contribution in [-0.4, -0.2) is 23.6 Å². The van der Waals surface area contributed by atoms with Crippen molar-refractivity contribution in [3.8, 4) is 0 Å². The van der Waals surface area contributed by atoms with E-state index in [1.54, 1.807) is 0 Å². The first kappa shape index (κ1) is 12.7. The lowest BCUT2D eigenvalue weighted by molar-refractivity contribution is -0.151. The molecule has 0 unspecified atom stereocenters. The SMILES string of the molecule is CC(=O)OCN1[C@@H]2CCC[C@@]1(c1ccccc1)CC2. The van der Waals surface area contributed by atoms with E-state index < -0.39 is 0 Å². The fourth-order valence-electron chi connectivity index (χ4n) is 3.85. The van der Waals surface area contributed by atoms with Gasteiger partial charge in [0.05, 0.1) is 0 Å².